The van der Waals surface area contributed by atoms with Gasteiger partial charge in [-0.2, -0.15) is 0 Å². The maximum Gasteiger partial charge on any atom is 0.337 e. The first-order chi connectivity index (χ1) is 11.4. The number of benzene rings is 2. The smallest absolute Gasteiger partial charge is 0.337 e. The van der Waals surface area contributed by atoms with Crippen molar-refractivity contribution in [2.45, 2.75) is 26.9 Å². The zero-order valence-electron chi connectivity index (χ0n) is 14.3. The Morgan fingerprint density at radius 1 is 1.04 bits per heavy atom. The summed E-state index contributed by atoms with van der Waals surface area (Å²) >= 11 is 0. The quantitative estimate of drug-likeness (QED) is 0.854. The molecule has 0 aromatic heterocycles. The number of esters is 1. The summed E-state index contributed by atoms with van der Waals surface area (Å²) in [5.41, 5.74) is 3.14. The second-order valence-electron chi connectivity index (χ2n) is 5.52. The third kappa shape index (κ3) is 4.13. The van der Waals surface area contributed by atoms with E-state index in [0.717, 1.165) is 11.1 Å². The van der Waals surface area contributed by atoms with E-state index in [9.17, 15) is 9.59 Å². The standard InChI is InChI=1S/C19H21NO4/c1-12-6-5-7-17(13(12)2)24-14(3)18(21)20-16-10-8-15(9-11-16)19(22)23-4/h5-11,14H,1-4H3,(H,20,21)/t14-/m1/s1. The molecule has 0 unspecified atom stereocenters. The van der Waals surface area contributed by atoms with Crippen LogP contribution in [0.15, 0.2) is 42.5 Å². The minimum Gasteiger partial charge on any atom is -0.481 e. The van der Waals surface area contributed by atoms with Gasteiger partial charge < -0.3 is 14.8 Å². The van der Waals surface area contributed by atoms with Gasteiger partial charge in [-0.15, -0.1) is 0 Å². The highest BCUT2D eigenvalue weighted by Gasteiger charge is 2.16. The first-order valence-electron chi connectivity index (χ1n) is 7.64. The second kappa shape index (κ2) is 7.64. The van der Waals surface area contributed by atoms with Crippen LogP contribution in [0, 0.1) is 13.8 Å². The molecule has 0 bridgehead atoms. The van der Waals surface area contributed by atoms with Crippen LogP contribution in [-0.4, -0.2) is 25.1 Å². The number of aryl methyl sites for hydroxylation is 1. The number of amides is 1. The zero-order chi connectivity index (χ0) is 17.7. The summed E-state index contributed by atoms with van der Waals surface area (Å²) in [7, 11) is 1.32. The molecule has 0 radical (unpaired) electrons. The van der Waals surface area contributed by atoms with Gasteiger partial charge in [0.05, 0.1) is 12.7 Å². The highest BCUT2D eigenvalue weighted by atomic mass is 16.5. The van der Waals surface area contributed by atoms with Crippen LogP contribution in [0.2, 0.25) is 0 Å². The molecule has 0 saturated carbocycles. The molecule has 0 saturated heterocycles. The summed E-state index contributed by atoms with van der Waals surface area (Å²) in [6.45, 7) is 5.65. The van der Waals surface area contributed by atoms with Gasteiger partial charge in [-0.25, -0.2) is 4.79 Å². The Bertz CT molecular complexity index is 738. The zero-order valence-corrected chi connectivity index (χ0v) is 14.3. The average Bonchev–Trinajstić information content (AvgIpc) is 2.58. The molecular weight excluding hydrogens is 306 g/mol. The average molecular weight is 327 g/mol. The van der Waals surface area contributed by atoms with Crippen LogP contribution in [0.5, 0.6) is 5.75 Å². The lowest BCUT2D eigenvalue weighted by Crippen LogP contribution is -2.30. The number of rotatable bonds is 5. The summed E-state index contributed by atoms with van der Waals surface area (Å²) in [6, 6.07) is 12.2. The van der Waals surface area contributed by atoms with Crippen molar-refractivity contribution in [1.82, 2.24) is 0 Å². The molecule has 2 rings (SSSR count). The Morgan fingerprint density at radius 3 is 2.33 bits per heavy atom. The normalized spacial score (nSPS) is 11.5. The second-order valence-corrected chi connectivity index (χ2v) is 5.52. The van der Waals surface area contributed by atoms with Crippen molar-refractivity contribution in [2.24, 2.45) is 0 Å². The Hall–Kier alpha value is -2.82. The molecule has 2 aromatic rings. The minimum absolute atomic E-state index is 0.262. The van der Waals surface area contributed by atoms with Gasteiger partial charge in [-0.05, 0) is 62.2 Å². The van der Waals surface area contributed by atoms with Crippen molar-refractivity contribution in [1.29, 1.82) is 0 Å². The molecule has 1 N–H and O–H groups in total. The van der Waals surface area contributed by atoms with Gasteiger partial charge in [0.2, 0.25) is 0 Å². The van der Waals surface area contributed by atoms with Crippen molar-refractivity contribution < 1.29 is 19.1 Å². The van der Waals surface area contributed by atoms with Crippen molar-refractivity contribution in [3.8, 4) is 5.75 Å². The van der Waals surface area contributed by atoms with Crippen LogP contribution in [0.3, 0.4) is 0 Å². The van der Waals surface area contributed by atoms with Crippen LogP contribution in [0.1, 0.15) is 28.4 Å². The van der Waals surface area contributed by atoms with Gasteiger partial charge in [0, 0.05) is 5.69 Å². The van der Waals surface area contributed by atoms with Crippen LogP contribution in [-0.2, 0) is 9.53 Å². The Balaban J connectivity index is 2.01. The number of methoxy groups -OCH3 is 1. The predicted octanol–water partition coefficient (Wildman–Crippen LogP) is 3.50. The van der Waals surface area contributed by atoms with Gasteiger partial charge in [0.1, 0.15) is 5.75 Å². The van der Waals surface area contributed by atoms with E-state index >= 15 is 0 Å². The van der Waals surface area contributed by atoms with E-state index in [2.05, 4.69) is 10.1 Å². The fraction of sp³-hybridized carbons (Fsp3) is 0.263. The van der Waals surface area contributed by atoms with Crippen LogP contribution in [0.4, 0.5) is 5.69 Å². The molecule has 0 heterocycles. The number of ether oxygens (including phenoxy) is 2. The number of carbonyl (C=O) groups is 2. The highest BCUT2D eigenvalue weighted by Crippen LogP contribution is 2.22. The van der Waals surface area contributed by atoms with Gasteiger partial charge in [-0.3, -0.25) is 4.79 Å². The van der Waals surface area contributed by atoms with Gasteiger partial charge in [-0.1, -0.05) is 12.1 Å². The fourth-order valence-corrected chi connectivity index (χ4v) is 2.15. The fourth-order valence-electron chi connectivity index (χ4n) is 2.15. The molecule has 126 valence electrons. The van der Waals surface area contributed by atoms with Crippen LogP contribution >= 0.6 is 0 Å². The maximum atomic E-state index is 12.3. The van der Waals surface area contributed by atoms with Crippen LogP contribution in [0.25, 0.3) is 0 Å². The van der Waals surface area contributed by atoms with Crippen LogP contribution < -0.4 is 10.1 Å². The lowest BCUT2D eigenvalue weighted by atomic mass is 10.1. The number of anilines is 1. The van der Waals surface area contributed by atoms with Gasteiger partial charge in [0.15, 0.2) is 6.10 Å². The van der Waals surface area contributed by atoms with E-state index < -0.39 is 12.1 Å². The SMILES string of the molecule is COC(=O)c1ccc(NC(=O)[C@@H](C)Oc2cccc(C)c2C)cc1. The van der Waals surface area contributed by atoms with Gasteiger partial charge >= 0.3 is 5.97 Å². The maximum absolute atomic E-state index is 12.3. The topological polar surface area (TPSA) is 64.6 Å². The first-order valence-corrected chi connectivity index (χ1v) is 7.64. The summed E-state index contributed by atoms with van der Waals surface area (Å²) in [5, 5.41) is 2.76. The molecular formula is C19H21NO4. The third-order valence-electron chi connectivity index (χ3n) is 3.80. The van der Waals surface area contributed by atoms with E-state index in [4.69, 9.17) is 4.74 Å². The van der Waals surface area contributed by atoms with Gasteiger partial charge in [0.25, 0.3) is 5.91 Å². The highest BCUT2D eigenvalue weighted by molar-refractivity contribution is 5.95. The molecule has 0 aliphatic carbocycles. The monoisotopic (exact) mass is 327 g/mol. The molecule has 1 atom stereocenters. The molecule has 0 aliphatic rings. The molecule has 5 nitrogen and oxygen atoms in total. The lowest BCUT2D eigenvalue weighted by molar-refractivity contribution is -0.122. The van der Waals surface area contributed by atoms with E-state index in [0.29, 0.717) is 17.0 Å². The van der Waals surface area contributed by atoms with E-state index in [1.165, 1.54) is 7.11 Å². The summed E-state index contributed by atoms with van der Waals surface area (Å²) in [6.07, 6.45) is -0.647. The molecule has 2 aromatic carbocycles. The number of carbonyl (C=O) groups excluding carboxylic acids is 2. The number of hydrogen-bond donors (Lipinski definition) is 1. The lowest BCUT2D eigenvalue weighted by Gasteiger charge is -2.17. The third-order valence-corrected chi connectivity index (χ3v) is 3.80. The number of nitrogens with one attached hydrogen (secondary N) is 1. The van der Waals surface area contributed by atoms with E-state index in [1.54, 1.807) is 31.2 Å². The Kier molecular flexibility index (Phi) is 5.58. The molecule has 24 heavy (non-hydrogen) atoms. The van der Waals surface area contributed by atoms with Crippen molar-refractivity contribution in [2.75, 3.05) is 12.4 Å². The van der Waals surface area contributed by atoms with E-state index in [1.807, 2.05) is 32.0 Å². The van der Waals surface area contributed by atoms with Crippen molar-refractivity contribution >= 4 is 17.6 Å². The number of hydrogen-bond acceptors (Lipinski definition) is 4. The van der Waals surface area contributed by atoms with Crippen molar-refractivity contribution in [3.05, 3.63) is 59.2 Å². The first kappa shape index (κ1) is 17.5. The molecule has 0 aliphatic heterocycles. The Morgan fingerprint density at radius 2 is 1.71 bits per heavy atom. The Labute approximate surface area is 141 Å². The summed E-state index contributed by atoms with van der Waals surface area (Å²) in [5.74, 6) is 0.0138. The summed E-state index contributed by atoms with van der Waals surface area (Å²) in [4.78, 5) is 23.6. The predicted molar refractivity (Wildman–Crippen MR) is 92.4 cm³/mol. The van der Waals surface area contributed by atoms with E-state index in [-0.39, 0.29) is 5.91 Å². The molecule has 1 amide bonds. The minimum atomic E-state index is -0.647. The largest absolute Gasteiger partial charge is 0.481 e. The summed E-state index contributed by atoms with van der Waals surface area (Å²) < 4.78 is 10.4. The molecule has 5 heteroatoms. The molecule has 0 fully saturated rings. The molecule has 0 spiro atoms. The van der Waals surface area contributed by atoms with Crippen molar-refractivity contribution in [3.63, 3.8) is 0 Å².